The molecule has 0 saturated carbocycles. The number of hydrogen-bond donors (Lipinski definition) is 3. The van der Waals surface area contributed by atoms with Crippen LogP contribution in [0.25, 0.3) is 5.69 Å². The Bertz CT molecular complexity index is 1140. The van der Waals surface area contributed by atoms with E-state index >= 15 is 0 Å². The lowest BCUT2D eigenvalue weighted by Gasteiger charge is -2.13. The molecule has 4 aromatic rings. The fraction of sp³-hybridized carbons (Fsp3) is 0.0952. The highest BCUT2D eigenvalue weighted by Gasteiger charge is 2.15. The SMILES string of the molecule is Cc1cc(C)cc(Nc2cc(O)c(Sc3nnnn3-c3ccccc3)cc2O)c1. The van der Waals surface area contributed by atoms with Crippen molar-refractivity contribution in [3.8, 4) is 17.2 Å². The van der Waals surface area contributed by atoms with E-state index in [2.05, 4.69) is 26.9 Å². The number of rotatable bonds is 5. The number of aryl methyl sites for hydroxylation is 2. The van der Waals surface area contributed by atoms with Crippen LogP contribution in [0.1, 0.15) is 11.1 Å². The maximum absolute atomic E-state index is 10.5. The Labute approximate surface area is 172 Å². The van der Waals surface area contributed by atoms with E-state index in [9.17, 15) is 10.2 Å². The Morgan fingerprint density at radius 2 is 1.62 bits per heavy atom. The molecule has 0 fully saturated rings. The number of para-hydroxylation sites is 1. The Morgan fingerprint density at radius 3 is 2.34 bits per heavy atom. The zero-order chi connectivity index (χ0) is 20.4. The molecule has 0 aliphatic heterocycles. The van der Waals surface area contributed by atoms with Crippen LogP contribution in [-0.2, 0) is 0 Å². The summed E-state index contributed by atoms with van der Waals surface area (Å²) in [5.41, 5.74) is 4.27. The van der Waals surface area contributed by atoms with Crippen molar-refractivity contribution in [2.75, 3.05) is 5.32 Å². The van der Waals surface area contributed by atoms with Gasteiger partial charge in [-0.15, -0.1) is 5.10 Å². The number of benzene rings is 3. The van der Waals surface area contributed by atoms with Crippen molar-refractivity contribution in [2.24, 2.45) is 0 Å². The number of phenols is 2. The standard InChI is InChI=1S/C21H19N5O2S/c1-13-8-14(2)10-15(9-13)22-17-11-19(28)20(12-18(17)27)29-21-23-24-25-26(21)16-6-4-3-5-7-16/h3-12,22,27-28H,1-2H3. The van der Waals surface area contributed by atoms with Crippen LogP contribution in [0.5, 0.6) is 11.5 Å². The van der Waals surface area contributed by atoms with E-state index in [1.807, 2.05) is 56.3 Å². The van der Waals surface area contributed by atoms with Crippen LogP contribution in [0, 0.1) is 13.8 Å². The summed E-state index contributed by atoms with van der Waals surface area (Å²) in [7, 11) is 0. The molecule has 8 heteroatoms. The topological polar surface area (TPSA) is 96.1 Å². The summed E-state index contributed by atoms with van der Waals surface area (Å²) in [4.78, 5) is 0.445. The Hall–Kier alpha value is -3.52. The highest BCUT2D eigenvalue weighted by atomic mass is 32.2. The van der Waals surface area contributed by atoms with E-state index in [0.29, 0.717) is 15.7 Å². The first kappa shape index (κ1) is 18.8. The molecule has 0 aliphatic carbocycles. The largest absolute Gasteiger partial charge is 0.507 e. The van der Waals surface area contributed by atoms with Crippen LogP contribution in [0.4, 0.5) is 11.4 Å². The first-order valence-electron chi connectivity index (χ1n) is 8.92. The van der Waals surface area contributed by atoms with E-state index in [1.165, 1.54) is 23.9 Å². The van der Waals surface area contributed by atoms with Gasteiger partial charge in [0.25, 0.3) is 0 Å². The number of phenolic OH excluding ortho intramolecular Hbond substituents is 2. The van der Waals surface area contributed by atoms with Gasteiger partial charge in [-0.1, -0.05) is 24.3 Å². The minimum absolute atomic E-state index is 0.0160. The number of aromatic nitrogens is 4. The number of hydrogen-bond acceptors (Lipinski definition) is 7. The molecule has 29 heavy (non-hydrogen) atoms. The lowest BCUT2D eigenvalue weighted by Crippen LogP contribution is -1.98. The van der Waals surface area contributed by atoms with Crippen molar-refractivity contribution in [3.63, 3.8) is 0 Å². The van der Waals surface area contributed by atoms with Crippen molar-refractivity contribution >= 4 is 23.1 Å². The van der Waals surface area contributed by atoms with Gasteiger partial charge in [0.1, 0.15) is 11.5 Å². The normalized spacial score (nSPS) is 10.8. The zero-order valence-corrected chi connectivity index (χ0v) is 16.7. The predicted octanol–water partition coefficient (Wildman–Crippen LogP) is 4.59. The van der Waals surface area contributed by atoms with Gasteiger partial charge in [0.2, 0.25) is 5.16 Å². The Morgan fingerprint density at radius 1 is 0.897 bits per heavy atom. The van der Waals surface area contributed by atoms with E-state index in [4.69, 9.17) is 0 Å². The third-order valence-corrected chi connectivity index (χ3v) is 5.20. The van der Waals surface area contributed by atoms with Gasteiger partial charge >= 0.3 is 0 Å². The highest BCUT2D eigenvalue weighted by molar-refractivity contribution is 7.99. The number of nitrogens with one attached hydrogen (secondary N) is 1. The molecule has 1 aromatic heterocycles. The molecule has 0 spiro atoms. The molecule has 3 N–H and O–H groups in total. The molecule has 0 bridgehead atoms. The van der Waals surface area contributed by atoms with E-state index < -0.39 is 0 Å². The molecular formula is C21H19N5O2S. The van der Waals surface area contributed by atoms with Crippen LogP contribution < -0.4 is 5.32 Å². The van der Waals surface area contributed by atoms with Gasteiger partial charge in [0.05, 0.1) is 16.3 Å². The number of nitrogens with zero attached hydrogens (tertiary/aromatic N) is 4. The molecule has 0 saturated heterocycles. The molecule has 146 valence electrons. The second-order valence-electron chi connectivity index (χ2n) is 6.65. The Balaban J connectivity index is 1.61. The quantitative estimate of drug-likeness (QED) is 0.330. The number of anilines is 2. The van der Waals surface area contributed by atoms with E-state index in [-0.39, 0.29) is 11.5 Å². The summed E-state index contributed by atoms with van der Waals surface area (Å²) in [5.74, 6) is 0.0329. The summed E-state index contributed by atoms with van der Waals surface area (Å²) >= 11 is 1.17. The molecule has 4 rings (SSSR count). The molecule has 1 heterocycles. The molecule has 0 radical (unpaired) electrons. The van der Waals surface area contributed by atoms with Gasteiger partial charge in [0.15, 0.2) is 0 Å². The molecular weight excluding hydrogens is 386 g/mol. The van der Waals surface area contributed by atoms with Crippen molar-refractivity contribution < 1.29 is 10.2 Å². The van der Waals surface area contributed by atoms with Crippen LogP contribution in [0.15, 0.2) is 70.7 Å². The smallest absolute Gasteiger partial charge is 0.219 e. The molecule has 0 aliphatic rings. The van der Waals surface area contributed by atoms with Crippen LogP contribution in [0.3, 0.4) is 0 Å². The lowest BCUT2D eigenvalue weighted by atomic mass is 10.1. The van der Waals surface area contributed by atoms with Gasteiger partial charge in [-0.2, -0.15) is 4.68 Å². The lowest BCUT2D eigenvalue weighted by molar-refractivity contribution is 0.450. The molecule has 3 aromatic carbocycles. The van der Waals surface area contributed by atoms with E-state index in [0.717, 1.165) is 22.5 Å². The zero-order valence-electron chi connectivity index (χ0n) is 15.9. The maximum atomic E-state index is 10.5. The predicted molar refractivity (Wildman–Crippen MR) is 112 cm³/mol. The summed E-state index contributed by atoms with van der Waals surface area (Å²) in [6, 6.07) is 18.5. The first-order valence-corrected chi connectivity index (χ1v) is 9.74. The third-order valence-electron chi connectivity index (χ3n) is 4.22. The van der Waals surface area contributed by atoms with Crippen molar-refractivity contribution in [1.82, 2.24) is 20.2 Å². The van der Waals surface area contributed by atoms with Gasteiger partial charge in [-0.3, -0.25) is 0 Å². The van der Waals surface area contributed by atoms with E-state index in [1.54, 1.807) is 4.68 Å². The first-order chi connectivity index (χ1) is 14.0. The van der Waals surface area contributed by atoms with Crippen molar-refractivity contribution in [2.45, 2.75) is 23.9 Å². The fourth-order valence-corrected chi connectivity index (χ4v) is 3.85. The maximum Gasteiger partial charge on any atom is 0.219 e. The molecule has 7 nitrogen and oxygen atoms in total. The molecule has 0 unspecified atom stereocenters. The van der Waals surface area contributed by atoms with Crippen LogP contribution >= 0.6 is 11.8 Å². The number of aromatic hydroxyl groups is 2. The van der Waals surface area contributed by atoms with Crippen molar-refractivity contribution in [1.29, 1.82) is 0 Å². The Kier molecular flexibility index (Phi) is 5.09. The summed E-state index contributed by atoms with van der Waals surface area (Å²) in [5, 5.41) is 36.4. The second kappa shape index (κ2) is 7.84. The average molecular weight is 405 g/mol. The van der Waals surface area contributed by atoms with Gasteiger partial charge in [0, 0.05) is 11.8 Å². The van der Waals surface area contributed by atoms with Crippen LogP contribution in [0.2, 0.25) is 0 Å². The van der Waals surface area contributed by atoms with Crippen molar-refractivity contribution in [3.05, 3.63) is 71.8 Å². The monoisotopic (exact) mass is 405 g/mol. The molecule has 0 atom stereocenters. The van der Waals surface area contributed by atoms with Crippen LogP contribution in [-0.4, -0.2) is 30.4 Å². The summed E-state index contributed by atoms with van der Waals surface area (Å²) < 4.78 is 1.57. The summed E-state index contributed by atoms with van der Waals surface area (Å²) in [6.45, 7) is 4.01. The van der Waals surface area contributed by atoms with Gasteiger partial charge in [-0.25, -0.2) is 0 Å². The summed E-state index contributed by atoms with van der Waals surface area (Å²) in [6.07, 6.45) is 0. The number of tetrazole rings is 1. The third kappa shape index (κ3) is 4.17. The average Bonchev–Trinajstić information content (AvgIpc) is 3.14. The van der Waals surface area contributed by atoms with Gasteiger partial charge in [-0.05, 0) is 77.5 Å². The molecule has 0 amide bonds. The second-order valence-corrected chi connectivity index (χ2v) is 7.66. The minimum Gasteiger partial charge on any atom is -0.507 e. The highest BCUT2D eigenvalue weighted by Crippen LogP contribution is 2.41. The van der Waals surface area contributed by atoms with Gasteiger partial charge < -0.3 is 15.5 Å². The fourth-order valence-electron chi connectivity index (χ4n) is 3.01. The minimum atomic E-state index is 0.0160.